The zero-order valence-corrected chi connectivity index (χ0v) is 60.0. The summed E-state index contributed by atoms with van der Waals surface area (Å²) in [7, 11) is 5.09. The first-order chi connectivity index (χ1) is 47.0. The molecule has 0 saturated heterocycles. The second-order valence-corrected chi connectivity index (χ2v) is 27.1. The van der Waals surface area contributed by atoms with E-state index >= 15 is 0 Å². The Hall–Kier alpha value is -7.07. The van der Waals surface area contributed by atoms with E-state index in [4.69, 9.17) is 54.7 Å². The van der Waals surface area contributed by atoms with Crippen LogP contribution in [0.25, 0.3) is 0 Å². The average molecular weight is 1380 g/mol. The van der Waals surface area contributed by atoms with Gasteiger partial charge in [-0.3, -0.25) is 28.8 Å². The Morgan fingerprint density at radius 1 is 0.608 bits per heavy atom. The summed E-state index contributed by atoms with van der Waals surface area (Å²) in [6, 6.07) is 44.7. The lowest BCUT2D eigenvalue weighted by molar-refractivity contribution is -0.133. The first kappa shape index (κ1) is 77.3. The van der Waals surface area contributed by atoms with Crippen molar-refractivity contribution < 1.29 is 43.0 Å². The van der Waals surface area contributed by atoms with E-state index in [0.717, 1.165) is 116 Å². The fraction of sp³-hybridized carbons (Fsp3) is 0.475. The topological polar surface area (TPSA) is 195 Å². The van der Waals surface area contributed by atoms with Gasteiger partial charge in [0.25, 0.3) is 11.8 Å². The highest BCUT2D eigenvalue weighted by Gasteiger charge is 2.38. The van der Waals surface area contributed by atoms with Crippen LogP contribution in [0.1, 0.15) is 235 Å². The molecule has 522 valence electrons. The molecule has 2 heterocycles. The molecule has 6 aromatic rings. The maximum atomic E-state index is 13.1. The third-order valence-corrected chi connectivity index (χ3v) is 19.9. The molecular formula is C80H102Cl3N5O9. The monoisotopic (exact) mass is 1380 g/mol. The van der Waals surface area contributed by atoms with Crippen LogP contribution in [0, 0.1) is 5.92 Å². The Bertz CT molecular complexity index is 3450. The molecule has 0 radical (unpaired) electrons. The smallest absolute Gasteiger partial charge is 0.251 e. The number of hydrogen-bond donors (Lipinski definition) is 4. The number of alkyl halides is 2. The lowest BCUT2D eigenvalue weighted by Crippen LogP contribution is -2.48. The van der Waals surface area contributed by atoms with Crippen LogP contribution in [-0.4, -0.2) is 103 Å². The molecule has 6 aromatic carbocycles. The average Bonchev–Trinajstić information content (AvgIpc) is 0.775. The molecule has 0 spiro atoms. The maximum Gasteiger partial charge on any atom is 0.251 e. The molecule has 97 heavy (non-hydrogen) atoms. The van der Waals surface area contributed by atoms with E-state index < -0.39 is 5.24 Å². The number of nitrogens with two attached hydrogens (primary N) is 1. The van der Waals surface area contributed by atoms with Crippen molar-refractivity contribution in [2.24, 2.45) is 11.7 Å². The quantitative estimate of drug-likeness (QED) is 0.0175. The Kier molecular flexibility index (Phi) is 32.5. The molecule has 3 amide bonds. The SMILES string of the molecule is CCCC[C@H](N)Cc1cccc(OC)c1.CCCC[C@H]1Cc2cc(OC)ccc2C(c2ccc(C(=O)NC3CCC3)cc2)N1.CCCC[C@H]1Cc2cc(OC)ccc2[C@H](c2ccc(C(=O)NC3CCC3)cc2)N1C(=O)CCl.O=C(Cl)CCl.O=Cc1ccc(C(=O)CC2CCC2)cc1. The lowest BCUT2D eigenvalue weighted by atomic mass is 9.81. The van der Waals surface area contributed by atoms with Gasteiger partial charge in [0.05, 0.1) is 39.3 Å². The van der Waals surface area contributed by atoms with Gasteiger partial charge in [0.2, 0.25) is 11.1 Å². The van der Waals surface area contributed by atoms with Crippen molar-refractivity contribution in [1.82, 2.24) is 20.9 Å². The molecule has 5 atom stereocenters. The second-order valence-electron chi connectivity index (χ2n) is 26.2. The minimum absolute atomic E-state index is 0.0328. The van der Waals surface area contributed by atoms with E-state index in [1.54, 1.807) is 45.6 Å². The number of amides is 3. The number of aldehydes is 1. The van der Waals surface area contributed by atoms with E-state index in [2.05, 4.69) is 85.3 Å². The zero-order chi connectivity index (χ0) is 69.6. The van der Waals surface area contributed by atoms with E-state index in [9.17, 15) is 28.8 Å². The first-order valence-electron chi connectivity index (χ1n) is 35.0. The van der Waals surface area contributed by atoms with Gasteiger partial charge in [0, 0.05) is 58.9 Å². The van der Waals surface area contributed by atoms with Crippen LogP contribution in [0.5, 0.6) is 17.2 Å². The summed E-state index contributed by atoms with van der Waals surface area (Å²) in [4.78, 5) is 71.7. The lowest BCUT2D eigenvalue weighted by Gasteiger charge is -2.44. The fourth-order valence-corrected chi connectivity index (χ4v) is 13.0. The van der Waals surface area contributed by atoms with Crippen LogP contribution in [0.4, 0.5) is 0 Å². The van der Waals surface area contributed by atoms with E-state index in [0.29, 0.717) is 41.6 Å². The molecule has 1 unspecified atom stereocenters. The molecule has 3 fully saturated rings. The van der Waals surface area contributed by atoms with Crippen molar-refractivity contribution >= 4 is 69.8 Å². The minimum atomic E-state index is -0.508. The summed E-state index contributed by atoms with van der Waals surface area (Å²) in [6.07, 6.45) is 24.8. The van der Waals surface area contributed by atoms with Crippen molar-refractivity contribution in [3.63, 3.8) is 0 Å². The third kappa shape index (κ3) is 23.5. The third-order valence-electron chi connectivity index (χ3n) is 19.1. The molecule has 2 aliphatic heterocycles. The summed E-state index contributed by atoms with van der Waals surface area (Å²) in [6.45, 7) is 6.60. The molecule has 5 N–H and O–H groups in total. The molecule has 3 saturated carbocycles. The van der Waals surface area contributed by atoms with E-state index in [1.165, 1.54) is 92.0 Å². The number of carbonyl (C=O) groups is 6. The van der Waals surface area contributed by atoms with Gasteiger partial charge in [0.1, 0.15) is 29.4 Å². The number of carbonyl (C=O) groups excluding carboxylic acids is 6. The number of rotatable bonds is 26. The highest BCUT2D eigenvalue weighted by atomic mass is 35.5. The normalized spacial score (nSPS) is 17.9. The Morgan fingerprint density at radius 3 is 1.62 bits per heavy atom. The molecule has 17 heteroatoms. The number of ether oxygens (including phenoxy) is 3. The predicted octanol–water partition coefficient (Wildman–Crippen LogP) is 16.6. The van der Waals surface area contributed by atoms with Crippen LogP contribution in [0.3, 0.4) is 0 Å². The summed E-state index contributed by atoms with van der Waals surface area (Å²) >= 11 is 15.6. The summed E-state index contributed by atoms with van der Waals surface area (Å²) in [5.74, 6) is 3.27. The number of unbranched alkanes of at least 4 members (excludes halogenated alkanes) is 3. The highest BCUT2D eigenvalue weighted by molar-refractivity contribution is 6.67. The van der Waals surface area contributed by atoms with Crippen LogP contribution in [0.2, 0.25) is 0 Å². The molecular weight excluding hydrogens is 1280 g/mol. The van der Waals surface area contributed by atoms with Crippen LogP contribution < -0.4 is 35.9 Å². The second kappa shape index (κ2) is 40.7. The Morgan fingerprint density at radius 2 is 1.12 bits per heavy atom. The number of Topliss-reactive ketones (excluding diaryl/α,β-unsaturated/α-hetero) is 1. The van der Waals surface area contributed by atoms with Gasteiger partial charge in [0.15, 0.2) is 5.78 Å². The summed E-state index contributed by atoms with van der Waals surface area (Å²) in [5, 5.41) is 9.56. The zero-order valence-electron chi connectivity index (χ0n) is 57.7. The highest BCUT2D eigenvalue weighted by Crippen LogP contribution is 2.42. The van der Waals surface area contributed by atoms with Gasteiger partial charge in [-0.2, -0.15) is 0 Å². The molecule has 14 nitrogen and oxygen atoms in total. The van der Waals surface area contributed by atoms with E-state index in [1.807, 2.05) is 65.6 Å². The largest absolute Gasteiger partial charge is 0.497 e. The van der Waals surface area contributed by atoms with Crippen LogP contribution >= 0.6 is 34.8 Å². The number of halogens is 3. The van der Waals surface area contributed by atoms with Gasteiger partial charge >= 0.3 is 0 Å². The van der Waals surface area contributed by atoms with E-state index in [-0.39, 0.29) is 59.4 Å². The van der Waals surface area contributed by atoms with Crippen molar-refractivity contribution in [2.45, 2.75) is 204 Å². The van der Waals surface area contributed by atoms with Crippen molar-refractivity contribution in [2.75, 3.05) is 33.1 Å². The number of benzene rings is 6. The molecule has 3 aliphatic carbocycles. The minimum Gasteiger partial charge on any atom is -0.497 e. The van der Waals surface area contributed by atoms with Gasteiger partial charge in [-0.25, -0.2) is 0 Å². The van der Waals surface area contributed by atoms with Crippen molar-refractivity contribution in [3.05, 3.63) is 195 Å². The van der Waals surface area contributed by atoms with Gasteiger partial charge in [-0.05, 0) is 194 Å². The maximum absolute atomic E-state index is 13.1. The van der Waals surface area contributed by atoms with Gasteiger partial charge < -0.3 is 40.8 Å². The van der Waals surface area contributed by atoms with Gasteiger partial charge in [-0.1, -0.05) is 151 Å². The number of methoxy groups -OCH3 is 3. The van der Waals surface area contributed by atoms with Gasteiger partial charge in [-0.15, -0.1) is 23.2 Å². The molecule has 0 bridgehead atoms. The molecule has 0 aromatic heterocycles. The summed E-state index contributed by atoms with van der Waals surface area (Å²) < 4.78 is 16.1. The predicted molar refractivity (Wildman–Crippen MR) is 391 cm³/mol. The standard InChI is InChI=1S/C27H33ClN2O3.C25H32N2O2.C13H21NO.C13H14O2.C2H2Cl2O/c1-3-4-8-22-15-20-16-23(33-2)13-14-24(20)26(30(22)25(31)17-28)18-9-11-19(12-10-18)27(32)29-21-6-5-7-21;1-3-4-6-21-15-19-16-22(29-2)13-14-23(19)24(26-21)17-9-11-18(12-10-17)25(28)27-20-7-5-8-20;1-3-4-7-12(14)9-11-6-5-8-13(10-11)15-2;14-9-11-4-6-12(7-5-11)13(15)8-10-2-1-3-10;3-1-2(4)5/h9-14,16,21-22,26H,3-8,15,17H2,1-2H3,(H,29,32);9-14,16,20-21,24,26H,3-8,15H2,1-2H3,(H,27,28);5-6,8,10,12H,3-4,7,9,14H2,1-2H3;4-7,9-10H,1-3,8H2;1H2/t22-,26-;21-,24?;12-;;/m000../s1. The fourth-order valence-electron chi connectivity index (χ4n) is 12.8. The van der Waals surface area contributed by atoms with Crippen molar-refractivity contribution in [1.29, 1.82) is 0 Å². The van der Waals surface area contributed by atoms with Crippen LogP contribution in [-0.2, 0) is 28.9 Å². The van der Waals surface area contributed by atoms with Crippen molar-refractivity contribution in [3.8, 4) is 17.2 Å². The number of fused-ring (bicyclic) bond motifs is 2. The number of hydrogen-bond acceptors (Lipinski definition) is 11. The number of nitrogens with one attached hydrogen (secondary N) is 3. The summed E-state index contributed by atoms with van der Waals surface area (Å²) in [5.41, 5.74) is 17.2. The molecule has 5 aliphatic rings. The Labute approximate surface area is 591 Å². The number of ketones is 1. The number of nitrogens with zero attached hydrogens (tertiary/aromatic N) is 1. The molecule has 11 rings (SSSR count). The first-order valence-corrected chi connectivity index (χ1v) is 36.5. The Balaban J connectivity index is 0.000000187. The van der Waals surface area contributed by atoms with Crippen LogP contribution in [0.15, 0.2) is 133 Å².